The molecule has 3 nitrogen and oxygen atoms in total. The maximum atomic E-state index is 6.11. The Labute approximate surface area is 104 Å². The molecule has 0 aliphatic carbocycles. The van der Waals surface area contributed by atoms with E-state index in [4.69, 9.17) is 5.73 Å². The van der Waals surface area contributed by atoms with Crippen molar-refractivity contribution in [3.05, 3.63) is 23.8 Å². The van der Waals surface area contributed by atoms with Crippen molar-refractivity contribution in [2.75, 3.05) is 37.8 Å². The van der Waals surface area contributed by atoms with Crippen LogP contribution in [0.1, 0.15) is 18.4 Å². The molecule has 1 fully saturated rings. The molecule has 1 saturated heterocycles. The summed E-state index contributed by atoms with van der Waals surface area (Å²) in [5.74, 6) is 0. The maximum absolute atomic E-state index is 6.11. The van der Waals surface area contributed by atoms with Gasteiger partial charge in [-0.2, -0.15) is 0 Å². The van der Waals surface area contributed by atoms with Crippen molar-refractivity contribution in [3.63, 3.8) is 0 Å². The van der Waals surface area contributed by atoms with E-state index in [-0.39, 0.29) is 0 Å². The Morgan fingerprint density at radius 3 is 2.82 bits per heavy atom. The van der Waals surface area contributed by atoms with Gasteiger partial charge in [0.25, 0.3) is 0 Å². The molecule has 17 heavy (non-hydrogen) atoms. The number of hydrogen-bond donors (Lipinski definition) is 1. The van der Waals surface area contributed by atoms with Gasteiger partial charge in [-0.15, -0.1) is 0 Å². The molecule has 3 heteroatoms. The number of benzene rings is 1. The lowest BCUT2D eigenvalue weighted by Crippen LogP contribution is -2.45. The van der Waals surface area contributed by atoms with Gasteiger partial charge in [0.1, 0.15) is 0 Å². The normalized spacial score (nSPS) is 21.5. The minimum atomic E-state index is 0.582. The first-order valence-corrected chi connectivity index (χ1v) is 6.35. The Balaban J connectivity index is 2.15. The van der Waals surface area contributed by atoms with Crippen LogP contribution in [-0.4, -0.2) is 38.1 Å². The summed E-state index contributed by atoms with van der Waals surface area (Å²) >= 11 is 0. The van der Waals surface area contributed by atoms with E-state index in [1.807, 2.05) is 0 Å². The molecule has 2 N–H and O–H groups in total. The van der Waals surface area contributed by atoms with Gasteiger partial charge in [-0.25, -0.2) is 0 Å². The topological polar surface area (TPSA) is 32.5 Å². The third-order valence-corrected chi connectivity index (χ3v) is 3.71. The van der Waals surface area contributed by atoms with Gasteiger partial charge in [0, 0.05) is 19.6 Å². The first kappa shape index (κ1) is 12.2. The molecular formula is C14H23N3. The second-order valence-corrected chi connectivity index (χ2v) is 5.23. The summed E-state index contributed by atoms with van der Waals surface area (Å²) in [5, 5.41) is 0. The van der Waals surface area contributed by atoms with Crippen molar-refractivity contribution in [1.29, 1.82) is 0 Å². The van der Waals surface area contributed by atoms with E-state index in [1.165, 1.54) is 24.9 Å². The zero-order valence-corrected chi connectivity index (χ0v) is 11.1. The Bertz CT molecular complexity index is 389. The molecule has 1 aromatic carbocycles. The minimum Gasteiger partial charge on any atom is -0.397 e. The maximum Gasteiger partial charge on any atom is 0.0600 e. The number of piperidine rings is 1. The van der Waals surface area contributed by atoms with Crippen LogP contribution < -0.4 is 10.6 Å². The van der Waals surface area contributed by atoms with Crippen LogP contribution in [0.25, 0.3) is 0 Å². The molecule has 1 aromatic rings. The van der Waals surface area contributed by atoms with Crippen molar-refractivity contribution in [2.45, 2.75) is 25.8 Å². The highest BCUT2D eigenvalue weighted by atomic mass is 15.2. The van der Waals surface area contributed by atoms with Crippen LogP contribution >= 0.6 is 0 Å². The molecule has 0 spiro atoms. The third kappa shape index (κ3) is 2.72. The van der Waals surface area contributed by atoms with Crippen LogP contribution in [0.15, 0.2) is 18.2 Å². The fourth-order valence-corrected chi connectivity index (χ4v) is 2.65. The number of anilines is 2. The number of hydrogen-bond acceptors (Lipinski definition) is 3. The summed E-state index contributed by atoms with van der Waals surface area (Å²) < 4.78 is 0. The van der Waals surface area contributed by atoms with Crippen LogP contribution in [0, 0.1) is 6.92 Å². The van der Waals surface area contributed by atoms with E-state index in [2.05, 4.69) is 49.0 Å². The number of aryl methyl sites for hydroxylation is 1. The van der Waals surface area contributed by atoms with E-state index >= 15 is 0 Å². The summed E-state index contributed by atoms with van der Waals surface area (Å²) in [6.45, 7) is 4.42. The minimum absolute atomic E-state index is 0.582. The number of rotatable bonds is 2. The molecule has 1 atom stereocenters. The zero-order valence-electron chi connectivity index (χ0n) is 11.1. The molecule has 1 unspecified atom stereocenters. The molecule has 1 aliphatic heterocycles. The number of likely N-dealkylation sites (tertiary alicyclic amines) is 1. The van der Waals surface area contributed by atoms with E-state index in [9.17, 15) is 0 Å². The van der Waals surface area contributed by atoms with Crippen molar-refractivity contribution in [1.82, 2.24) is 4.90 Å². The van der Waals surface area contributed by atoms with E-state index in [0.29, 0.717) is 6.04 Å². The highest BCUT2D eigenvalue weighted by Gasteiger charge is 2.22. The van der Waals surface area contributed by atoms with Gasteiger partial charge in [-0.3, -0.25) is 0 Å². The molecule has 94 valence electrons. The standard InChI is InChI=1S/C14H23N3/c1-11-6-7-14(13(15)9-11)17(3)12-5-4-8-16(2)10-12/h6-7,9,12H,4-5,8,10,15H2,1-3H3. The van der Waals surface area contributed by atoms with Crippen molar-refractivity contribution >= 4 is 11.4 Å². The second-order valence-electron chi connectivity index (χ2n) is 5.23. The lowest BCUT2D eigenvalue weighted by atomic mass is 10.0. The monoisotopic (exact) mass is 233 g/mol. The Kier molecular flexibility index (Phi) is 3.57. The average Bonchev–Trinajstić information content (AvgIpc) is 2.28. The Morgan fingerprint density at radius 1 is 1.41 bits per heavy atom. The SMILES string of the molecule is Cc1ccc(N(C)C2CCCN(C)C2)c(N)c1. The predicted octanol–water partition coefficient (Wildman–Crippen LogP) is 2.11. The fraction of sp³-hybridized carbons (Fsp3) is 0.571. The zero-order chi connectivity index (χ0) is 12.4. The molecule has 0 aromatic heterocycles. The number of nitrogen functional groups attached to an aromatic ring is 1. The van der Waals surface area contributed by atoms with Gasteiger partial charge in [-0.1, -0.05) is 6.07 Å². The molecule has 2 rings (SSSR count). The summed E-state index contributed by atoms with van der Waals surface area (Å²) in [5.41, 5.74) is 9.38. The van der Waals surface area contributed by atoms with Crippen molar-refractivity contribution in [2.24, 2.45) is 0 Å². The van der Waals surface area contributed by atoms with Gasteiger partial charge in [-0.05, 0) is 51.1 Å². The average molecular weight is 233 g/mol. The predicted molar refractivity (Wildman–Crippen MR) is 74.5 cm³/mol. The van der Waals surface area contributed by atoms with Crippen LogP contribution in [0.2, 0.25) is 0 Å². The molecule has 0 saturated carbocycles. The number of nitrogens with two attached hydrogens (primary N) is 1. The van der Waals surface area contributed by atoms with Gasteiger partial charge in [0.2, 0.25) is 0 Å². The molecule has 0 amide bonds. The highest BCUT2D eigenvalue weighted by molar-refractivity contribution is 5.68. The van der Waals surface area contributed by atoms with Crippen LogP contribution in [0.5, 0.6) is 0 Å². The highest BCUT2D eigenvalue weighted by Crippen LogP contribution is 2.27. The van der Waals surface area contributed by atoms with Gasteiger partial charge < -0.3 is 15.5 Å². The van der Waals surface area contributed by atoms with Crippen LogP contribution in [0.4, 0.5) is 11.4 Å². The Morgan fingerprint density at radius 2 is 2.18 bits per heavy atom. The van der Waals surface area contributed by atoms with Crippen LogP contribution in [-0.2, 0) is 0 Å². The number of nitrogens with zero attached hydrogens (tertiary/aromatic N) is 2. The van der Waals surface area contributed by atoms with E-state index < -0.39 is 0 Å². The lowest BCUT2D eigenvalue weighted by molar-refractivity contribution is 0.248. The quantitative estimate of drug-likeness (QED) is 0.794. The largest absolute Gasteiger partial charge is 0.397 e. The smallest absolute Gasteiger partial charge is 0.0600 e. The third-order valence-electron chi connectivity index (χ3n) is 3.71. The Hall–Kier alpha value is -1.22. The first-order chi connectivity index (χ1) is 8.08. The molecule has 0 bridgehead atoms. The van der Waals surface area contributed by atoms with E-state index in [1.54, 1.807) is 0 Å². The summed E-state index contributed by atoms with van der Waals surface area (Å²) in [6, 6.07) is 6.91. The van der Waals surface area contributed by atoms with Gasteiger partial charge in [0.15, 0.2) is 0 Å². The molecule has 1 aliphatic rings. The fourth-order valence-electron chi connectivity index (χ4n) is 2.65. The van der Waals surface area contributed by atoms with Crippen LogP contribution in [0.3, 0.4) is 0 Å². The second kappa shape index (κ2) is 4.96. The van der Waals surface area contributed by atoms with Gasteiger partial charge in [0.05, 0.1) is 11.4 Å². The molecule has 0 radical (unpaired) electrons. The number of likely N-dealkylation sites (N-methyl/N-ethyl adjacent to an activating group) is 2. The molecule has 1 heterocycles. The lowest BCUT2D eigenvalue weighted by Gasteiger charge is -2.37. The van der Waals surface area contributed by atoms with Crippen molar-refractivity contribution in [3.8, 4) is 0 Å². The summed E-state index contributed by atoms with van der Waals surface area (Å²) in [6.07, 6.45) is 2.53. The summed E-state index contributed by atoms with van der Waals surface area (Å²) in [4.78, 5) is 4.74. The van der Waals surface area contributed by atoms with E-state index in [0.717, 1.165) is 17.9 Å². The first-order valence-electron chi connectivity index (χ1n) is 6.35. The molecular weight excluding hydrogens is 210 g/mol. The van der Waals surface area contributed by atoms with Crippen molar-refractivity contribution < 1.29 is 0 Å². The summed E-state index contributed by atoms with van der Waals surface area (Å²) in [7, 11) is 4.35. The van der Waals surface area contributed by atoms with Gasteiger partial charge >= 0.3 is 0 Å².